The highest BCUT2D eigenvalue weighted by Gasteiger charge is 2.07. The Labute approximate surface area is 176 Å². The molecule has 0 radical (unpaired) electrons. The number of benzene rings is 2. The van der Waals surface area contributed by atoms with E-state index in [1.807, 2.05) is 0 Å². The van der Waals surface area contributed by atoms with Crippen molar-refractivity contribution >= 4 is 35.1 Å². The first-order valence-electron chi connectivity index (χ1n) is 9.36. The first-order chi connectivity index (χ1) is 13.5. The molecule has 0 fully saturated rings. The average Bonchev–Trinajstić information content (AvgIpc) is 2.68. The topological polar surface area (TPSA) is 63.6 Å². The number of aromatic carboxylic acids is 1. The van der Waals surface area contributed by atoms with Crippen LogP contribution in [0.5, 0.6) is 0 Å². The van der Waals surface area contributed by atoms with E-state index in [2.05, 4.69) is 6.92 Å². The molecule has 0 saturated heterocycles. The first-order valence-corrected chi connectivity index (χ1v) is 10.1. The van der Waals surface area contributed by atoms with Gasteiger partial charge in [-0.2, -0.15) is 0 Å². The minimum atomic E-state index is -0.995. The van der Waals surface area contributed by atoms with Gasteiger partial charge in [-0.05, 0) is 36.8 Å². The Morgan fingerprint density at radius 3 is 2.21 bits per heavy atom. The lowest BCUT2D eigenvalue weighted by molar-refractivity contribution is 0.0497. The van der Waals surface area contributed by atoms with Gasteiger partial charge in [0.05, 0.1) is 22.8 Å². The summed E-state index contributed by atoms with van der Waals surface area (Å²) in [5.74, 6) is -1.28. The molecule has 2 aromatic carbocycles. The van der Waals surface area contributed by atoms with Crippen LogP contribution in [0.1, 0.15) is 66.2 Å². The van der Waals surface area contributed by atoms with Crippen LogP contribution in [-0.4, -0.2) is 23.7 Å². The van der Waals surface area contributed by atoms with E-state index in [-0.39, 0.29) is 16.6 Å². The van der Waals surface area contributed by atoms with Crippen molar-refractivity contribution in [2.45, 2.75) is 45.4 Å². The minimum Gasteiger partial charge on any atom is -0.478 e. The standard InChI is InChI=1S/C15H21ClO2.C7H5ClO2/c1-2-3-4-5-6-7-11-18-15(17)13-9-8-10-14(16)12-13;8-6-4-2-1-3-5(6)7(9)10/h8-10,12H,2-7,11H2,1H3;1-4H,(H,9,10). The largest absolute Gasteiger partial charge is 0.478 e. The van der Waals surface area contributed by atoms with Gasteiger partial charge in [0.2, 0.25) is 0 Å². The van der Waals surface area contributed by atoms with E-state index in [0.29, 0.717) is 17.2 Å². The summed E-state index contributed by atoms with van der Waals surface area (Å²) in [4.78, 5) is 22.0. The lowest BCUT2D eigenvalue weighted by Gasteiger charge is -2.05. The predicted molar refractivity (Wildman–Crippen MR) is 114 cm³/mol. The third-order valence-electron chi connectivity index (χ3n) is 3.90. The van der Waals surface area contributed by atoms with Crippen molar-refractivity contribution in [3.8, 4) is 0 Å². The van der Waals surface area contributed by atoms with Crippen molar-refractivity contribution in [3.05, 3.63) is 69.7 Å². The Bertz CT molecular complexity index is 747. The van der Waals surface area contributed by atoms with Crippen molar-refractivity contribution < 1.29 is 19.4 Å². The van der Waals surface area contributed by atoms with E-state index in [4.69, 9.17) is 33.0 Å². The molecule has 0 aliphatic carbocycles. The Morgan fingerprint density at radius 2 is 1.61 bits per heavy atom. The molecule has 1 N–H and O–H groups in total. The minimum absolute atomic E-state index is 0.143. The maximum absolute atomic E-state index is 11.7. The summed E-state index contributed by atoms with van der Waals surface area (Å²) in [6.45, 7) is 2.70. The molecule has 0 heterocycles. The number of hydrogen-bond donors (Lipinski definition) is 1. The molecule has 0 saturated carbocycles. The molecule has 6 heteroatoms. The molecule has 2 aromatic rings. The van der Waals surface area contributed by atoms with E-state index in [1.165, 1.54) is 31.7 Å². The Hall–Kier alpha value is -2.04. The molecule has 0 aliphatic heterocycles. The molecule has 28 heavy (non-hydrogen) atoms. The quantitative estimate of drug-likeness (QED) is 0.351. The van der Waals surface area contributed by atoms with Gasteiger partial charge in [-0.25, -0.2) is 9.59 Å². The second-order valence-electron chi connectivity index (χ2n) is 6.20. The van der Waals surface area contributed by atoms with Gasteiger partial charge < -0.3 is 9.84 Å². The van der Waals surface area contributed by atoms with Gasteiger partial charge in [-0.3, -0.25) is 0 Å². The van der Waals surface area contributed by atoms with Gasteiger partial charge in [0, 0.05) is 5.02 Å². The molecular weight excluding hydrogens is 399 g/mol. The lowest BCUT2D eigenvalue weighted by Crippen LogP contribution is -2.06. The maximum Gasteiger partial charge on any atom is 0.338 e. The van der Waals surface area contributed by atoms with Gasteiger partial charge in [0.25, 0.3) is 0 Å². The number of rotatable bonds is 9. The zero-order valence-electron chi connectivity index (χ0n) is 16.0. The SMILES string of the molecule is CCCCCCCCOC(=O)c1cccc(Cl)c1.O=C(O)c1ccccc1Cl. The molecule has 0 aliphatic rings. The summed E-state index contributed by atoms with van der Waals surface area (Å²) in [6.07, 6.45) is 7.12. The van der Waals surface area contributed by atoms with Crippen molar-refractivity contribution in [3.63, 3.8) is 0 Å². The summed E-state index contributed by atoms with van der Waals surface area (Å²) < 4.78 is 5.19. The van der Waals surface area contributed by atoms with Crippen molar-refractivity contribution in [1.82, 2.24) is 0 Å². The molecule has 2 rings (SSSR count). The second kappa shape index (κ2) is 14.0. The zero-order chi connectivity index (χ0) is 20.8. The van der Waals surface area contributed by atoms with Crippen LogP contribution in [0.2, 0.25) is 10.0 Å². The first kappa shape index (κ1) is 24.0. The monoisotopic (exact) mass is 424 g/mol. The number of carboxylic acids is 1. The van der Waals surface area contributed by atoms with Crippen molar-refractivity contribution in [2.75, 3.05) is 6.61 Å². The summed E-state index contributed by atoms with van der Waals surface area (Å²) in [5.41, 5.74) is 0.664. The van der Waals surface area contributed by atoms with Gasteiger partial charge in [0.15, 0.2) is 0 Å². The number of carbonyl (C=O) groups is 2. The molecule has 0 spiro atoms. The molecule has 0 atom stereocenters. The zero-order valence-corrected chi connectivity index (χ0v) is 17.5. The van der Waals surface area contributed by atoms with Crippen molar-refractivity contribution in [1.29, 1.82) is 0 Å². The molecule has 0 aromatic heterocycles. The number of carboxylic acid groups (broad SMARTS) is 1. The van der Waals surface area contributed by atoms with Gasteiger partial charge in [-0.15, -0.1) is 0 Å². The highest BCUT2D eigenvalue weighted by Crippen LogP contribution is 2.14. The molecule has 0 unspecified atom stereocenters. The fourth-order valence-electron chi connectivity index (χ4n) is 2.38. The summed E-state index contributed by atoms with van der Waals surface area (Å²) in [7, 11) is 0. The summed E-state index contributed by atoms with van der Waals surface area (Å²) >= 11 is 11.4. The van der Waals surface area contributed by atoms with E-state index >= 15 is 0 Å². The number of halogens is 2. The predicted octanol–water partition coefficient (Wildman–Crippen LogP) is 6.90. The molecule has 4 nitrogen and oxygen atoms in total. The highest BCUT2D eigenvalue weighted by atomic mass is 35.5. The van der Waals surface area contributed by atoms with E-state index in [9.17, 15) is 9.59 Å². The molecule has 152 valence electrons. The van der Waals surface area contributed by atoms with Crippen LogP contribution in [0, 0.1) is 0 Å². The van der Waals surface area contributed by atoms with Crippen LogP contribution < -0.4 is 0 Å². The van der Waals surface area contributed by atoms with Gasteiger partial charge in [-0.1, -0.05) is 80.4 Å². The number of ether oxygens (including phenoxy) is 1. The third-order valence-corrected chi connectivity index (χ3v) is 4.46. The normalized spacial score (nSPS) is 9.96. The number of hydrogen-bond acceptors (Lipinski definition) is 3. The van der Waals surface area contributed by atoms with Crippen LogP contribution in [0.4, 0.5) is 0 Å². The smallest absolute Gasteiger partial charge is 0.338 e. The van der Waals surface area contributed by atoms with E-state index in [0.717, 1.165) is 12.8 Å². The average molecular weight is 425 g/mol. The maximum atomic E-state index is 11.7. The van der Waals surface area contributed by atoms with Gasteiger partial charge >= 0.3 is 11.9 Å². The summed E-state index contributed by atoms with van der Waals surface area (Å²) in [5, 5.41) is 9.31. The highest BCUT2D eigenvalue weighted by molar-refractivity contribution is 6.33. The van der Waals surface area contributed by atoms with Crippen LogP contribution >= 0.6 is 23.2 Å². The lowest BCUT2D eigenvalue weighted by atomic mass is 10.1. The number of carbonyl (C=O) groups excluding carboxylic acids is 1. The van der Waals surface area contributed by atoms with Crippen LogP contribution in [0.15, 0.2) is 48.5 Å². The Kier molecular flexibility index (Phi) is 12.0. The Morgan fingerprint density at radius 1 is 0.929 bits per heavy atom. The van der Waals surface area contributed by atoms with Crippen LogP contribution in [0.3, 0.4) is 0 Å². The fourth-order valence-corrected chi connectivity index (χ4v) is 2.79. The third kappa shape index (κ3) is 9.77. The van der Waals surface area contributed by atoms with Crippen molar-refractivity contribution in [2.24, 2.45) is 0 Å². The Balaban J connectivity index is 0.000000330. The van der Waals surface area contributed by atoms with Crippen LogP contribution in [-0.2, 0) is 4.74 Å². The van der Waals surface area contributed by atoms with E-state index in [1.54, 1.807) is 42.5 Å². The van der Waals surface area contributed by atoms with E-state index < -0.39 is 5.97 Å². The fraction of sp³-hybridized carbons (Fsp3) is 0.364. The summed E-state index contributed by atoms with van der Waals surface area (Å²) in [6, 6.07) is 13.2. The molecule has 0 amide bonds. The number of esters is 1. The number of unbranched alkanes of at least 4 members (excludes halogenated alkanes) is 5. The second-order valence-corrected chi connectivity index (χ2v) is 7.04. The van der Waals surface area contributed by atoms with Crippen LogP contribution in [0.25, 0.3) is 0 Å². The van der Waals surface area contributed by atoms with Gasteiger partial charge in [0.1, 0.15) is 0 Å². The molecule has 0 bridgehead atoms. The molecular formula is C22H26Cl2O4.